The van der Waals surface area contributed by atoms with E-state index < -0.39 is 0 Å². The fourth-order valence-corrected chi connectivity index (χ4v) is 2.72. The molecule has 3 aromatic heterocycles. The molecule has 0 atom stereocenters. The summed E-state index contributed by atoms with van der Waals surface area (Å²) in [5, 5.41) is 16.8. The highest BCUT2D eigenvalue weighted by Gasteiger charge is 2.06. The summed E-state index contributed by atoms with van der Waals surface area (Å²) in [6.45, 7) is 2.93. The van der Waals surface area contributed by atoms with E-state index in [-0.39, 0.29) is 0 Å². The second kappa shape index (κ2) is 4.69. The molecule has 0 fully saturated rings. The van der Waals surface area contributed by atoms with Crippen molar-refractivity contribution in [1.82, 2.24) is 25.0 Å². The van der Waals surface area contributed by atoms with Crippen molar-refractivity contribution in [2.24, 2.45) is 0 Å². The molecule has 3 aromatic rings. The van der Waals surface area contributed by atoms with Gasteiger partial charge in [-0.2, -0.15) is 4.52 Å². The Labute approximate surface area is 108 Å². The van der Waals surface area contributed by atoms with Crippen molar-refractivity contribution < 1.29 is 0 Å². The Morgan fingerprint density at radius 1 is 1.39 bits per heavy atom. The van der Waals surface area contributed by atoms with E-state index in [9.17, 15) is 0 Å². The maximum atomic E-state index is 4.11. The molecule has 1 N–H and O–H groups in total. The number of nitrogens with zero attached hydrogens (tertiary/aromatic N) is 5. The lowest BCUT2D eigenvalue weighted by Gasteiger charge is -2.06. The Morgan fingerprint density at radius 2 is 2.33 bits per heavy atom. The van der Waals surface area contributed by atoms with Crippen LogP contribution in [-0.2, 0) is 13.0 Å². The molecule has 0 unspecified atom stereocenters. The third kappa shape index (κ3) is 1.92. The average molecular weight is 260 g/mol. The summed E-state index contributed by atoms with van der Waals surface area (Å²) in [5.74, 6) is 0.799. The molecule has 0 aliphatic rings. The predicted octanol–water partition coefficient (Wildman–Crippen LogP) is 1.76. The van der Waals surface area contributed by atoms with Crippen LogP contribution in [0.5, 0.6) is 0 Å². The third-order valence-electron chi connectivity index (χ3n) is 2.76. The fraction of sp³-hybridized carbons (Fsp3) is 0.273. The smallest absolute Gasteiger partial charge is 0.199 e. The van der Waals surface area contributed by atoms with Crippen LogP contribution in [0.1, 0.15) is 17.4 Å². The lowest BCUT2D eigenvalue weighted by Crippen LogP contribution is -2.05. The first-order valence-corrected chi connectivity index (χ1v) is 6.57. The highest BCUT2D eigenvalue weighted by molar-refractivity contribution is 7.10. The minimum Gasteiger partial charge on any atom is -0.364 e. The molecule has 92 valence electrons. The van der Waals surface area contributed by atoms with E-state index in [0.29, 0.717) is 5.65 Å². The second-order valence-electron chi connectivity index (χ2n) is 3.82. The second-order valence-corrected chi connectivity index (χ2v) is 4.82. The summed E-state index contributed by atoms with van der Waals surface area (Å²) in [4.78, 5) is 5.44. The van der Waals surface area contributed by atoms with Gasteiger partial charge in [0.2, 0.25) is 0 Å². The minimum atomic E-state index is 0.641. The van der Waals surface area contributed by atoms with E-state index in [1.54, 1.807) is 28.2 Å². The Kier molecular flexibility index (Phi) is 2.89. The highest BCUT2D eigenvalue weighted by Crippen LogP contribution is 2.18. The zero-order valence-electron chi connectivity index (χ0n) is 9.87. The molecule has 6 nitrogen and oxygen atoms in total. The van der Waals surface area contributed by atoms with Gasteiger partial charge in [-0.25, -0.2) is 0 Å². The van der Waals surface area contributed by atoms with Gasteiger partial charge in [-0.3, -0.25) is 4.98 Å². The van der Waals surface area contributed by atoms with E-state index in [0.717, 1.165) is 18.8 Å². The topological polar surface area (TPSA) is 68.0 Å². The molecule has 0 bridgehead atoms. The number of fused-ring (bicyclic) bond motifs is 1. The van der Waals surface area contributed by atoms with E-state index >= 15 is 0 Å². The number of nitrogens with one attached hydrogen (secondary N) is 1. The number of aryl methyl sites for hydroxylation is 1. The average Bonchev–Trinajstić information content (AvgIpc) is 3.04. The monoisotopic (exact) mass is 260 g/mol. The highest BCUT2D eigenvalue weighted by atomic mass is 32.1. The van der Waals surface area contributed by atoms with Gasteiger partial charge in [-0.1, -0.05) is 6.92 Å². The van der Waals surface area contributed by atoms with Crippen LogP contribution in [0.3, 0.4) is 0 Å². The molecule has 0 saturated heterocycles. The summed E-state index contributed by atoms with van der Waals surface area (Å²) in [6, 6.07) is 2.16. The van der Waals surface area contributed by atoms with E-state index in [4.69, 9.17) is 0 Å². The summed E-state index contributed by atoms with van der Waals surface area (Å²) >= 11 is 1.76. The summed E-state index contributed by atoms with van der Waals surface area (Å²) in [5.41, 5.74) is 2.02. The minimum absolute atomic E-state index is 0.641. The SMILES string of the molecule is CCc1ccsc1CNc1cncc2nnnn12. The molecule has 3 rings (SSSR count). The summed E-state index contributed by atoms with van der Waals surface area (Å²) in [6.07, 6.45) is 4.41. The molecular formula is C11H12N6S. The van der Waals surface area contributed by atoms with Crippen LogP contribution in [-0.4, -0.2) is 25.0 Å². The lowest BCUT2D eigenvalue weighted by atomic mass is 10.2. The molecule has 0 aliphatic carbocycles. The summed E-state index contributed by atoms with van der Waals surface area (Å²) in [7, 11) is 0. The Balaban J connectivity index is 1.83. The molecule has 0 amide bonds. The maximum Gasteiger partial charge on any atom is 0.199 e. The van der Waals surface area contributed by atoms with Crippen molar-refractivity contribution >= 4 is 22.8 Å². The molecule has 3 heterocycles. The van der Waals surface area contributed by atoms with Crippen molar-refractivity contribution in [2.45, 2.75) is 19.9 Å². The Morgan fingerprint density at radius 3 is 3.22 bits per heavy atom. The van der Waals surface area contributed by atoms with E-state index in [1.165, 1.54) is 10.4 Å². The van der Waals surface area contributed by atoms with Gasteiger partial charge in [0.25, 0.3) is 0 Å². The standard InChI is InChI=1S/C11H12N6S/c1-2-8-3-4-18-9(8)5-13-10-6-12-7-11-14-15-16-17(10)11/h3-4,6-7,13H,2,5H2,1H3. The van der Waals surface area contributed by atoms with Gasteiger partial charge >= 0.3 is 0 Å². The van der Waals surface area contributed by atoms with Gasteiger partial charge in [-0.05, 0) is 33.9 Å². The van der Waals surface area contributed by atoms with Crippen molar-refractivity contribution in [2.75, 3.05) is 5.32 Å². The predicted molar refractivity (Wildman–Crippen MR) is 69.6 cm³/mol. The van der Waals surface area contributed by atoms with Crippen LogP contribution in [0.4, 0.5) is 5.82 Å². The van der Waals surface area contributed by atoms with Crippen LogP contribution < -0.4 is 5.32 Å². The largest absolute Gasteiger partial charge is 0.364 e. The van der Waals surface area contributed by atoms with E-state index in [2.05, 4.69) is 44.2 Å². The van der Waals surface area contributed by atoms with Crippen molar-refractivity contribution in [3.05, 3.63) is 34.3 Å². The quantitative estimate of drug-likeness (QED) is 0.774. The lowest BCUT2D eigenvalue weighted by molar-refractivity contribution is 0.819. The zero-order chi connectivity index (χ0) is 12.4. The van der Waals surface area contributed by atoms with Gasteiger partial charge in [0, 0.05) is 4.88 Å². The Bertz CT molecular complexity index is 658. The Hall–Kier alpha value is -2.02. The number of hydrogen-bond donors (Lipinski definition) is 1. The number of anilines is 1. The first kappa shape index (κ1) is 11.1. The zero-order valence-corrected chi connectivity index (χ0v) is 10.7. The van der Waals surface area contributed by atoms with Gasteiger partial charge in [0.15, 0.2) is 11.5 Å². The number of rotatable bonds is 4. The van der Waals surface area contributed by atoms with Crippen LogP contribution in [0.15, 0.2) is 23.8 Å². The van der Waals surface area contributed by atoms with Gasteiger partial charge in [0.05, 0.1) is 18.9 Å². The normalized spacial score (nSPS) is 10.9. The van der Waals surface area contributed by atoms with Crippen LogP contribution in [0.2, 0.25) is 0 Å². The molecule has 0 saturated carbocycles. The molecule has 0 aromatic carbocycles. The van der Waals surface area contributed by atoms with Crippen LogP contribution >= 0.6 is 11.3 Å². The molecule has 0 radical (unpaired) electrons. The van der Waals surface area contributed by atoms with Gasteiger partial charge < -0.3 is 5.32 Å². The molecule has 7 heteroatoms. The molecule has 0 spiro atoms. The molecule has 18 heavy (non-hydrogen) atoms. The maximum absolute atomic E-state index is 4.11. The van der Waals surface area contributed by atoms with Crippen LogP contribution in [0, 0.1) is 0 Å². The first-order valence-electron chi connectivity index (χ1n) is 5.69. The van der Waals surface area contributed by atoms with Crippen molar-refractivity contribution in [3.8, 4) is 0 Å². The molecular weight excluding hydrogens is 248 g/mol. The van der Waals surface area contributed by atoms with Crippen molar-refractivity contribution in [3.63, 3.8) is 0 Å². The molecule has 0 aliphatic heterocycles. The number of tetrazole rings is 1. The number of hydrogen-bond acceptors (Lipinski definition) is 6. The first-order chi connectivity index (χ1) is 8.88. The van der Waals surface area contributed by atoms with Gasteiger partial charge in [-0.15, -0.1) is 16.4 Å². The number of aromatic nitrogens is 5. The summed E-state index contributed by atoms with van der Waals surface area (Å²) < 4.78 is 1.65. The van der Waals surface area contributed by atoms with E-state index in [1.807, 2.05) is 0 Å². The number of thiophene rings is 1. The fourth-order valence-electron chi connectivity index (χ4n) is 1.80. The van der Waals surface area contributed by atoms with Gasteiger partial charge in [0.1, 0.15) is 0 Å². The van der Waals surface area contributed by atoms with Crippen LogP contribution in [0.25, 0.3) is 5.65 Å². The van der Waals surface area contributed by atoms with Crippen molar-refractivity contribution in [1.29, 1.82) is 0 Å². The third-order valence-corrected chi connectivity index (χ3v) is 3.72.